The number of carboxylic acid groups (broad SMARTS) is 1. The summed E-state index contributed by atoms with van der Waals surface area (Å²) in [5.41, 5.74) is 1.39. The lowest BCUT2D eigenvalue weighted by Gasteiger charge is -2.00. The van der Waals surface area contributed by atoms with Crippen molar-refractivity contribution in [2.24, 2.45) is 0 Å². The molecule has 0 aromatic carbocycles. The van der Waals surface area contributed by atoms with E-state index in [2.05, 4.69) is 0 Å². The number of rotatable bonds is 4. The number of halogens is 1. The zero-order valence-corrected chi connectivity index (χ0v) is 7.15. The summed E-state index contributed by atoms with van der Waals surface area (Å²) in [5, 5.41) is 8.05. The molecule has 0 fully saturated rings. The fourth-order valence-electron chi connectivity index (χ4n) is 0.308. The first kappa shape index (κ1) is 9.85. The minimum atomic E-state index is -0.784. The second kappa shape index (κ2) is 5.62. The summed E-state index contributed by atoms with van der Waals surface area (Å²) < 4.78 is 0. The molecule has 0 aliphatic rings. The third-order valence-corrected chi connectivity index (χ3v) is 2.14. The Labute approximate surface area is 69.3 Å². The van der Waals surface area contributed by atoms with E-state index in [1.54, 1.807) is 13.0 Å². The fourth-order valence-corrected chi connectivity index (χ4v) is 1.14. The highest BCUT2D eigenvalue weighted by Crippen LogP contribution is 2.09. The van der Waals surface area contributed by atoms with Crippen molar-refractivity contribution in [3.8, 4) is 0 Å². The summed E-state index contributed by atoms with van der Waals surface area (Å²) in [6.07, 6.45) is 1.71. The number of aliphatic carboxylic acids is 1. The molecule has 0 aromatic rings. The molecule has 0 bridgehead atoms. The SMILES string of the molecule is CC(SC/C=C/Cl)C(=O)O. The molecule has 2 nitrogen and oxygen atoms in total. The summed E-state index contributed by atoms with van der Waals surface area (Å²) >= 11 is 6.56. The van der Waals surface area contributed by atoms with Crippen LogP contribution < -0.4 is 0 Å². The molecule has 4 heteroatoms. The maximum atomic E-state index is 10.2. The zero-order valence-electron chi connectivity index (χ0n) is 5.58. The third kappa shape index (κ3) is 4.70. The van der Waals surface area contributed by atoms with Gasteiger partial charge in [-0.1, -0.05) is 17.7 Å². The highest BCUT2D eigenvalue weighted by atomic mass is 35.5. The Balaban J connectivity index is 3.39. The van der Waals surface area contributed by atoms with Gasteiger partial charge in [0.05, 0.1) is 5.25 Å². The molecule has 0 aliphatic heterocycles. The van der Waals surface area contributed by atoms with Gasteiger partial charge in [-0.25, -0.2) is 0 Å². The minimum Gasteiger partial charge on any atom is -0.480 e. The van der Waals surface area contributed by atoms with Crippen LogP contribution in [0, 0.1) is 0 Å². The van der Waals surface area contributed by atoms with E-state index in [0.29, 0.717) is 5.75 Å². The van der Waals surface area contributed by atoms with Gasteiger partial charge in [-0.2, -0.15) is 0 Å². The maximum Gasteiger partial charge on any atom is 0.316 e. The van der Waals surface area contributed by atoms with Crippen molar-refractivity contribution in [3.05, 3.63) is 11.6 Å². The quantitative estimate of drug-likeness (QED) is 0.719. The van der Waals surface area contributed by atoms with Crippen molar-refractivity contribution in [1.82, 2.24) is 0 Å². The van der Waals surface area contributed by atoms with E-state index < -0.39 is 5.97 Å². The van der Waals surface area contributed by atoms with Crippen LogP contribution in [0.5, 0.6) is 0 Å². The molecular formula is C6H9ClO2S. The van der Waals surface area contributed by atoms with Crippen molar-refractivity contribution in [2.75, 3.05) is 5.75 Å². The van der Waals surface area contributed by atoms with E-state index in [9.17, 15) is 4.79 Å². The highest BCUT2D eigenvalue weighted by Gasteiger charge is 2.08. The maximum absolute atomic E-state index is 10.2. The molecule has 10 heavy (non-hydrogen) atoms. The summed E-state index contributed by atoms with van der Waals surface area (Å²) in [7, 11) is 0. The molecule has 1 N–H and O–H groups in total. The van der Waals surface area contributed by atoms with Gasteiger partial charge in [0.1, 0.15) is 0 Å². The molecule has 0 radical (unpaired) electrons. The van der Waals surface area contributed by atoms with Gasteiger partial charge in [-0.05, 0) is 6.92 Å². The molecule has 58 valence electrons. The number of hydrogen-bond acceptors (Lipinski definition) is 2. The van der Waals surface area contributed by atoms with Crippen LogP contribution in [0.3, 0.4) is 0 Å². The van der Waals surface area contributed by atoms with Crippen molar-refractivity contribution >= 4 is 29.3 Å². The molecule has 0 saturated carbocycles. The van der Waals surface area contributed by atoms with Gasteiger partial charge in [0.25, 0.3) is 0 Å². The van der Waals surface area contributed by atoms with Gasteiger partial charge in [0.15, 0.2) is 0 Å². The Morgan fingerprint density at radius 3 is 2.90 bits per heavy atom. The van der Waals surface area contributed by atoms with Crippen LogP contribution in [0.15, 0.2) is 11.6 Å². The van der Waals surface area contributed by atoms with Crippen LogP contribution >= 0.6 is 23.4 Å². The van der Waals surface area contributed by atoms with E-state index in [4.69, 9.17) is 16.7 Å². The van der Waals surface area contributed by atoms with Gasteiger partial charge in [0, 0.05) is 11.3 Å². The normalized spacial score (nSPS) is 13.8. The van der Waals surface area contributed by atoms with Crippen LogP contribution in [-0.2, 0) is 4.79 Å². The predicted molar refractivity (Wildman–Crippen MR) is 44.5 cm³/mol. The van der Waals surface area contributed by atoms with E-state index in [1.165, 1.54) is 17.3 Å². The van der Waals surface area contributed by atoms with Gasteiger partial charge < -0.3 is 5.11 Å². The number of thioether (sulfide) groups is 1. The largest absolute Gasteiger partial charge is 0.480 e. The molecule has 0 rings (SSSR count). The number of carboxylic acids is 1. The lowest BCUT2D eigenvalue weighted by Crippen LogP contribution is -2.11. The third-order valence-electron chi connectivity index (χ3n) is 0.879. The zero-order chi connectivity index (χ0) is 7.98. The van der Waals surface area contributed by atoms with Crippen molar-refractivity contribution in [2.45, 2.75) is 12.2 Å². The second-order valence-corrected chi connectivity index (χ2v) is 3.30. The summed E-state index contributed by atoms with van der Waals surface area (Å²) in [6, 6.07) is 0. The molecule has 1 unspecified atom stereocenters. The van der Waals surface area contributed by atoms with E-state index in [1.807, 2.05) is 0 Å². The highest BCUT2D eigenvalue weighted by molar-refractivity contribution is 8.00. The standard InChI is InChI=1S/C6H9ClO2S/c1-5(6(8)9)10-4-2-3-7/h2-3,5H,4H2,1H3,(H,8,9)/b3-2+. The molecule has 0 aromatic heterocycles. The number of hydrogen-bond donors (Lipinski definition) is 1. The predicted octanol–water partition coefficient (Wildman–Crippen LogP) is 1.95. The molecule has 0 spiro atoms. The lowest BCUT2D eigenvalue weighted by atomic mass is 10.5. The van der Waals surface area contributed by atoms with Crippen LogP contribution in [0.1, 0.15) is 6.92 Å². The Bertz CT molecular complexity index is 136. The fraction of sp³-hybridized carbons (Fsp3) is 0.500. The van der Waals surface area contributed by atoms with Crippen LogP contribution in [0.25, 0.3) is 0 Å². The number of carbonyl (C=O) groups is 1. The average molecular weight is 181 g/mol. The first-order valence-electron chi connectivity index (χ1n) is 2.78. The first-order valence-corrected chi connectivity index (χ1v) is 4.26. The summed E-state index contributed by atoms with van der Waals surface area (Å²) in [4.78, 5) is 10.2. The minimum absolute atomic E-state index is 0.354. The molecule has 0 heterocycles. The molecule has 0 aliphatic carbocycles. The second-order valence-electron chi connectivity index (χ2n) is 1.68. The first-order chi connectivity index (χ1) is 4.68. The van der Waals surface area contributed by atoms with Crippen molar-refractivity contribution in [3.63, 3.8) is 0 Å². The topological polar surface area (TPSA) is 37.3 Å². The molecule has 1 atom stereocenters. The summed E-state index contributed by atoms with van der Waals surface area (Å²) in [5.74, 6) is -0.135. The average Bonchev–Trinajstić information content (AvgIpc) is 1.88. The van der Waals surface area contributed by atoms with E-state index >= 15 is 0 Å². The van der Waals surface area contributed by atoms with E-state index in [0.717, 1.165) is 0 Å². The van der Waals surface area contributed by atoms with Gasteiger partial charge >= 0.3 is 5.97 Å². The summed E-state index contributed by atoms with van der Waals surface area (Å²) in [6.45, 7) is 1.65. The van der Waals surface area contributed by atoms with E-state index in [-0.39, 0.29) is 5.25 Å². The van der Waals surface area contributed by atoms with Gasteiger partial charge in [0.2, 0.25) is 0 Å². The molecular weight excluding hydrogens is 172 g/mol. The monoisotopic (exact) mass is 180 g/mol. The van der Waals surface area contributed by atoms with Crippen LogP contribution in [0.4, 0.5) is 0 Å². The van der Waals surface area contributed by atoms with Crippen LogP contribution in [0.2, 0.25) is 0 Å². The van der Waals surface area contributed by atoms with Crippen molar-refractivity contribution in [1.29, 1.82) is 0 Å². The molecule has 0 saturated heterocycles. The van der Waals surface area contributed by atoms with Crippen LogP contribution in [-0.4, -0.2) is 22.1 Å². The Kier molecular flexibility index (Phi) is 5.54. The molecule has 0 amide bonds. The Hall–Kier alpha value is -0.150. The smallest absolute Gasteiger partial charge is 0.316 e. The van der Waals surface area contributed by atoms with Gasteiger partial charge in [-0.3, -0.25) is 4.79 Å². The Morgan fingerprint density at radius 2 is 2.50 bits per heavy atom. The van der Waals surface area contributed by atoms with Gasteiger partial charge in [-0.15, -0.1) is 11.8 Å². The van der Waals surface area contributed by atoms with Crippen molar-refractivity contribution < 1.29 is 9.90 Å². The Morgan fingerprint density at radius 1 is 1.90 bits per heavy atom. The lowest BCUT2D eigenvalue weighted by molar-refractivity contribution is -0.136.